The minimum atomic E-state index is 0.959. The molecule has 0 aliphatic carbocycles. The van der Waals surface area contributed by atoms with Gasteiger partial charge in [0, 0.05) is 12.7 Å². The van der Waals surface area contributed by atoms with Crippen molar-refractivity contribution in [3.63, 3.8) is 0 Å². The Labute approximate surface area is 109 Å². The van der Waals surface area contributed by atoms with Gasteiger partial charge >= 0.3 is 0 Å². The summed E-state index contributed by atoms with van der Waals surface area (Å²) in [7, 11) is 1.90. The van der Waals surface area contributed by atoms with Crippen LogP contribution in [0, 0.1) is 6.92 Å². The summed E-state index contributed by atoms with van der Waals surface area (Å²) in [5.74, 6) is 0. The summed E-state index contributed by atoms with van der Waals surface area (Å²) in [5.41, 5.74) is 6.07. The highest BCUT2D eigenvalue weighted by atomic mass is 14.8. The summed E-state index contributed by atoms with van der Waals surface area (Å²) >= 11 is 0. The molecule has 0 radical (unpaired) electrons. The first-order valence-electron chi connectivity index (χ1n) is 6.20. The molecule has 0 spiro atoms. The Morgan fingerprint density at radius 1 is 1.06 bits per heavy atom. The van der Waals surface area contributed by atoms with Crippen LogP contribution in [0.1, 0.15) is 22.3 Å². The van der Waals surface area contributed by atoms with E-state index in [1.54, 1.807) is 0 Å². The first-order chi connectivity index (χ1) is 8.69. The Balaban J connectivity index is 2.19. The van der Waals surface area contributed by atoms with Gasteiger partial charge in [0.05, 0.1) is 0 Å². The summed E-state index contributed by atoms with van der Waals surface area (Å²) in [6.45, 7) is 6.10. The van der Waals surface area contributed by atoms with Crippen molar-refractivity contribution >= 4 is 5.70 Å². The summed E-state index contributed by atoms with van der Waals surface area (Å²) in [6.07, 6.45) is 0.963. The average molecular weight is 237 g/mol. The molecule has 0 aliphatic heterocycles. The highest BCUT2D eigenvalue weighted by molar-refractivity contribution is 5.62. The average Bonchev–Trinajstić information content (AvgIpc) is 2.41. The zero-order valence-corrected chi connectivity index (χ0v) is 11.0. The van der Waals surface area contributed by atoms with Gasteiger partial charge in [-0.2, -0.15) is 0 Å². The lowest BCUT2D eigenvalue weighted by atomic mass is 10.0. The second kappa shape index (κ2) is 5.54. The molecule has 0 unspecified atom stereocenters. The van der Waals surface area contributed by atoms with Crippen LogP contribution in [0.25, 0.3) is 5.70 Å². The van der Waals surface area contributed by atoms with E-state index in [1.165, 1.54) is 16.7 Å². The maximum Gasteiger partial charge on any atom is 0.0338 e. The number of nitrogens with one attached hydrogen (secondary N) is 1. The number of aryl methyl sites for hydroxylation is 1. The zero-order valence-electron chi connectivity index (χ0n) is 11.0. The van der Waals surface area contributed by atoms with Gasteiger partial charge < -0.3 is 5.32 Å². The van der Waals surface area contributed by atoms with Crippen molar-refractivity contribution in [2.45, 2.75) is 13.3 Å². The fourth-order valence-electron chi connectivity index (χ4n) is 1.95. The van der Waals surface area contributed by atoms with E-state index >= 15 is 0 Å². The van der Waals surface area contributed by atoms with E-state index in [-0.39, 0.29) is 0 Å². The SMILES string of the molecule is C=C(NC)c1cccc(Cc2ccc(C)cc2)c1. The molecular formula is C17H19N. The van der Waals surface area contributed by atoms with Crippen molar-refractivity contribution < 1.29 is 0 Å². The Hall–Kier alpha value is -2.02. The Morgan fingerprint density at radius 3 is 2.44 bits per heavy atom. The van der Waals surface area contributed by atoms with Crippen LogP contribution in [-0.4, -0.2) is 7.05 Å². The third-order valence-corrected chi connectivity index (χ3v) is 3.11. The van der Waals surface area contributed by atoms with Gasteiger partial charge in [-0.15, -0.1) is 0 Å². The zero-order chi connectivity index (χ0) is 13.0. The Morgan fingerprint density at radius 2 is 1.78 bits per heavy atom. The van der Waals surface area contributed by atoms with Crippen molar-refractivity contribution in [3.05, 3.63) is 77.4 Å². The first-order valence-corrected chi connectivity index (χ1v) is 6.20. The number of hydrogen-bond donors (Lipinski definition) is 1. The van der Waals surface area contributed by atoms with Gasteiger partial charge in [-0.05, 0) is 36.1 Å². The fourth-order valence-corrected chi connectivity index (χ4v) is 1.95. The standard InChI is InChI=1S/C17H19N/c1-13-7-9-15(10-8-13)11-16-5-4-6-17(12-16)14(2)18-3/h4-10,12,18H,2,11H2,1,3H3. The molecule has 2 aromatic carbocycles. The van der Waals surface area contributed by atoms with Crippen molar-refractivity contribution in [1.29, 1.82) is 0 Å². The van der Waals surface area contributed by atoms with Crippen molar-refractivity contribution in [2.24, 2.45) is 0 Å². The number of rotatable bonds is 4. The Kier molecular flexibility index (Phi) is 3.83. The van der Waals surface area contributed by atoms with Crippen LogP contribution in [0.2, 0.25) is 0 Å². The maximum absolute atomic E-state index is 3.99. The van der Waals surface area contributed by atoms with E-state index in [0.29, 0.717) is 0 Å². The number of hydrogen-bond acceptors (Lipinski definition) is 1. The van der Waals surface area contributed by atoms with Crippen LogP contribution in [0.3, 0.4) is 0 Å². The molecule has 1 heteroatoms. The minimum absolute atomic E-state index is 0.959. The second-order valence-corrected chi connectivity index (χ2v) is 4.59. The molecular weight excluding hydrogens is 218 g/mol. The monoisotopic (exact) mass is 237 g/mol. The van der Waals surface area contributed by atoms with E-state index in [1.807, 2.05) is 7.05 Å². The van der Waals surface area contributed by atoms with Crippen LogP contribution >= 0.6 is 0 Å². The van der Waals surface area contributed by atoms with Crippen LogP contribution in [0.4, 0.5) is 0 Å². The van der Waals surface area contributed by atoms with E-state index < -0.39 is 0 Å². The lowest BCUT2D eigenvalue weighted by molar-refractivity contribution is 1.12. The van der Waals surface area contributed by atoms with Crippen LogP contribution in [-0.2, 0) is 6.42 Å². The Bertz CT molecular complexity index is 538. The summed E-state index contributed by atoms with van der Waals surface area (Å²) in [5, 5.41) is 3.09. The lowest BCUT2D eigenvalue weighted by Crippen LogP contribution is -2.03. The van der Waals surface area contributed by atoms with E-state index in [2.05, 4.69) is 67.4 Å². The van der Waals surface area contributed by atoms with Gasteiger partial charge in [0.1, 0.15) is 0 Å². The first kappa shape index (κ1) is 12.4. The van der Waals surface area contributed by atoms with E-state index in [9.17, 15) is 0 Å². The molecule has 0 atom stereocenters. The van der Waals surface area contributed by atoms with Gasteiger partial charge in [-0.3, -0.25) is 0 Å². The van der Waals surface area contributed by atoms with Gasteiger partial charge in [0.25, 0.3) is 0 Å². The molecule has 92 valence electrons. The van der Waals surface area contributed by atoms with Crippen LogP contribution in [0.5, 0.6) is 0 Å². The summed E-state index contributed by atoms with van der Waals surface area (Å²) < 4.78 is 0. The van der Waals surface area contributed by atoms with Crippen LogP contribution < -0.4 is 5.32 Å². The van der Waals surface area contributed by atoms with E-state index in [0.717, 1.165) is 17.7 Å². The molecule has 0 heterocycles. The predicted molar refractivity (Wildman–Crippen MR) is 78.5 cm³/mol. The van der Waals surface area contributed by atoms with Gasteiger partial charge in [-0.1, -0.05) is 54.6 Å². The highest BCUT2D eigenvalue weighted by Gasteiger charge is 2.00. The largest absolute Gasteiger partial charge is 0.388 e. The smallest absolute Gasteiger partial charge is 0.0338 e. The highest BCUT2D eigenvalue weighted by Crippen LogP contribution is 2.15. The predicted octanol–water partition coefficient (Wildman–Crippen LogP) is 3.78. The molecule has 0 aromatic heterocycles. The molecule has 2 aromatic rings. The van der Waals surface area contributed by atoms with Crippen LogP contribution in [0.15, 0.2) is 55.1 Å². The summed E-state index contributed by atoms with van der Waals surface area (Å²) in [4.78, 5) is 0. The quantitative estimate of drug-likeness (QED) is 0.853. The van der Waals surface area contributed by atoms with E-state index in [4.69, 9.17) is 0 Å². The maximum atomic E-state index is 3.99. The molecule has 2 rings (SSSR count). The van der Waals surface area contributed by atoms with Gasteiger partial charge in [-0.25, -0.2) is 0 Å². The summed E-state index contributed by atoms with van der Waals surface area (Å²) in [6, 6.07) is 17.2. The molecule has 0 saturated heterocycles. The lowest BCUT2D eigenvalue weighted by Gasteiger charge is -2.08. The fraction of sp³-hybridized carbons (Fsp3) is 0.176. The number of benzene rings is 2. The molecule has 18 heavy (non-hydrogen) atoms. The van der Waals surface area contributed by atoms with Gasteiger partial charge in [0.15, 0.2) is 0 Å². The molecule has 0 saturated carbocycles. The third-order valence-electron chi connectivity index (χ3n) is 3.11. The van der Waals surface area contributed by atoms with Crippen molar-refractivity contribution in [1.82, 2.24) is 5.32 Å². The van der Waals surface area contributed by atoms with Crippen molar-refractivity contribution in [3.8, 4) is 0 Å². The van der Waals surface area contributed by atoms with Crippen molar-refractivity contribution in [2.75, 3.05) is 7.05 Å². The minimum Gasteiger partial charge on any atom is -0.388 e. The second-order valence-electron chi connectivity index (χ2n) is 4.59. The molecule has 0 bridgehead atoms. The molecule has 0 fully saturated rings. The van der Waals surface area contributed by atoms with Gasteiger partial charge in [0.2, 0.25) is 0 Å². The molecule has 1 N–H and O–H groups in total. The topological polar surface area (TPSA) is 12.0 Å². The third kappa shape index (κ3) is 3.01. The molecule has 0 amide bonds. The normalized spacial score (nSPS) is 10.1. The molecule has 1 nitrogen and oxygen atoms in total. The molecule has 0 aliphatic rings.